The van der Waals surface area contributed by atoms with Crippen LogP contribution in [0.15, 0.2) is 18.2 Å². The van der Waals surface area contributed by atoms with E-state index in [0.29, 0.717) is 23.6 Å². The van der Waals surface area contributed by atoms with Gasteiger partial charge in [-0.2, -0.15) is 0 Å². The van der Waals surface area contributed by atoms with E-state index in [0.717, 1.165) is 0 Å². The number of amides is 2. The van der Waals surface area contributed by atoms with E-state index in [-0.39, 0.29) is 36.2 Å². The van der Waals surface area contributed by atoms with Crippen LogP contribution >= 0.6 is 12.4 Å². The molecule has 7 nitrogen and oxygen atoms in total. The lowest BCUT2D eigenvalue weighted by molar-refractivity contribution is -0.124. The van der Waals surface area contributed by atoms with Crippen LogP contribution in [0, 0.1) is 5.92 Å². The number of rotatable bonds is 8. The smallest absolute Gasteiger partial charge is 0.252 e. The third-order valence-electron chi connectivity index (χ3n) is 3.59. The van der Waals surface area contributed by atoms with E-state index in [2.05, 4.69) is 10.6 Å². The second-order valence-corrected chi connectivity index (χ2v) is 5.94. The minimum atomic E-state index is -0.663. The maximum atomic E-state index is 12.5. The Morgan fingerprint density at radius 3 is 1.96 bits per heavy atom. The first-order valence-electron chi connectivity index (χ1n) is 7.86. The standard InChI is InChI=1S/C17H27N3O4.ClH/c1-10(2)15(17(22)19-11(3)9-18)20-16(21)12-6-13(23-4)8-14(7-12)24-5;/h6-8,10-11,15H,9,18H2,1-5H3,(H,19,22)(H,20,21);1H/t11-,15?;/m0./s1. The summed E-state index contributed by atoms with van der Waals surface area (Å²) in [6.07, 6.45) is 0. The number of methoxy groups -OCH3 is 2. The van der Waals surface area contributed by atoms with E-state index in [9.17, 15) is 9.59 Å². The maximum Gasteiger partial charge on any atom is 0.252 e. The predicted octanol–water partition coefficient (Wildman–Crippen LogP) is 1.34. The van der Waals surface area contributed by atoms with Crippen LogP contribution in [0.5, 0.6) is 11.5 Å². The van der Waals surface area contributed by atoms with Gasteiger partial charge in [-0.15, -0.1) is 12.4 Å². The third-order valence-corrected chi connectivity index (χ3v) is 3.59. The van der Waals surface area contributed by atoms with Crippen LogP contribution in [0.1, 0.15) is 31.1 Å². The van der Waals surface area contributed by atoms with E-state index in [1.807, 2.05) is 20.8 Å². The first kappa shape index (κ1) is 23.0. The van der Waals surface area contributed by atoms with E-state index in [1.54, 1.807) is 18.2 Å². The molecule has 1 unspecified atom stereocenters. The second kappa shape index (κ2) is 10.8. The molecule has 1 aromatic rings. The molecule has 0 saturated carbocycles. The molecule has 0 saturated heterocycles. The number of halogens is 1. The van der Waals surface area contributed by atoms with Gasteiger partial charge in [-0.1, -0.05) is 13.8 Å². The summed E-state index contributed by atoms with van der Waals surface area (Å²) < 4.78 is 10.3. The molecule has 25 heavy (non-hydrogen) atoms. The molecule has 0 aliphatic rings. The molecule has 1 aromatic carbocycles. The largest absolute Gasteiger partial charge is 0.497 e. The van der Waals surface area contributed by atoms with Gasteiger partial charge >= 0.3 is 0 Å². The number of benzene rings is 1. The van der Waals surface area contributed by atoms with E-state index >= 15 is 0 Å². The van der Waals surface area contributed by atoms with Gasteiger partial charge in [0.2, 0.25) is 5.91 Å². The molecule has 0 aliphatic carbocycles. The fourth-order valence-electron chi connectivity index (χ4n) is 2.09. The Kier molecular flexibility index (Phi) is 9.93. The van der Waals surface area contributed by atoms with Crippen LogP contribution in [0.2, 0.25) is 0 Å². The summed E-state index contributed by atoms with van der Waals surface area (Å²) in [5.41, 5.74) is 5.88. The molecule has 0 bridgehead atoms. The summed E-state index contributed by atoms with van der Waals surface area (Å²) in [7, 11) is 3.02. The number of hydrogen-bond donors (Lipinski definition) is 3. The van der Waals surface area contributed by atoms with Gasteiger partial charge in [-0.05, 0) is 25.0 Å². The lowest BCUT2D eigenvalue weighted by Gasteiger charge is -2.23. The summed E-state index contributed by atoms with van der Waals surface area (Å²) in [6, 6.07) is 4.04. The monoisotopic (exact) mass is 373 g/mol. The highest BCUT2D eigenvalue weighted by Gasteiger charge is 2.25. The number of nitrogens with one attached hydrogen (secondary N) is 2. The van der Waals surface area contributed by atoms with E-state index < -0.39 is 6.04 Å². The molecular weight excluding hydrogens is 346 g/mol. The van der Waals surface area contributed by atoms with Crippen LogP contribution in [-0.2, 0) is 4.79 Å². The van der Waals surface area contributed by atoms with Crippen molar-refractivity contribution < 1.29 is 19.1 Å². The molecule has 2 amide bonds. The summed E-state index contributed by atoms with van der Waals surface area (Å²) >= 11 is 0. The van der Waals surface area contributed by atoms with Gasteiger partial charge in [0.1, 0.15) is 17.5 Å². The average molecular weight is 374 g/mol. The molecule has 4 N–H and O–H groups in total. The molecular formula is C17H28ClN3O4. The number of carbonyl (C=O) groups is 2. The summed E-state index contributed by atoms with van der Waals surface area (Å²) in [5, 5.41) is 5.55. The van der Waals surface area contributed by atoms with Gasteiger partial charge in [-0.25, -0.2) is 0 Å². The third kappa shape index (κ3) is 6.80. The molecule has 2 atom stereocenters. The highest BCUT2D eigenvalue weighted by molar-refractivity contribution is 5.98. The van der Waals surface area contributed by atoms with Gasteiger partial charge in [0.25, 0.3) is 5.91 Å². The van der Waals surface area contributed by atoms with Gasteiger partial charge in [0.15, 0.2) is 0 Å². The molecule has 1 rings (SSSR count). The van der Waals surface area contributed by atoms with E-state index in [1.165, 1.54) is 14.2 Å². The fraction of sp³-hybridized carbons (Fsp3) is 0.529. The highest BCUT2D eigenvalue weighted by Crippen LogP contribution is 2.22. The Morgan fingerprint density at radius 1 is 1.04 bits per heavy atom. The van der Waals surface area contributed by atoms with Crippen molar-refractivity contribution in [3.8, 4) is 11.5 Å². The first-order chi connectivity index (χ1) is 11.3. The van der Waals surface area contributed by atoms with Gasteiger partial charge in [0.05, 0.1) is 14.2 Å². The molecule has 0 heterocycles. The number of ether oxygens (including phenoxy) is 2. The molecule has 0 radical (unpaired) electrons. The topological polar surface area (TPSA) is 103 Å². The van der Waals surface area contributed by atoms with Crippen molar-refractivity contribution in [1.82, 2.24) is 10.6 Å². The SMILES string of the molecule is COc1cc(OC)cc(C(=O)NC(C(=O)N[C@@H](C)CN)C(C)C)c1.Cl. The van der Waals surface area contributed by atoms with Crippen molar-refractivity contribution in [3.05, 3.63) is 23.8 Å². The predicted molar refractivity (Wildman–Crippen MR) is 99.5 cm³/mol. The molecule has 0 spiro atoms. The normalized spacial score (nSPS) is 12.6. The Morgan fingerprint density at radius 2 is 1.56 bits per heavy atom. The Labute approximate surface area is 155 Å². The molecule has 142 valence electrons. The van der Waals surface area contributed by atoms with Crippen LogP contribution in [-0.4, -0.2) is 44.7 Å². The molecule has 0 fully saturated rings. The Balaban J connectivity index is 0.00000576. The van der Waals surface area contributed by atoms with Gasteiger partial charge in [0, 0.05) is 24.2 Å². The zero-order chi connectivity index (χ0) is 18.3. The quantitative estimate of drug-likeness (QED) is 0.638. The first-order valence-corrected chi connectivity index (χ1v) is 7.86. The maximum absolute atomic E-state index is 12.5. The summed E-state index contributed by atoms with van der Waals surface area (Å²) in [4.78, 5) is 24.9. The minimum Gasteiger partial charge on any atom is -0.497 e. The highest BCUT2D eigenvalue weighted by atomic mass is 35.5. The average Bonchev–Trinajstić information content (AvgIpc) is 2.57. The van der Waals surface area contributed by atoms with Crippen molar-refractivity contribution in [3.63, 3.8) is 0 Å². The van der Waals surface area contributed by atoms with E-state index in [4.69, 9.17) is 15.2 Å². The lowest BCUT2D eigenvalue weighted by atomic mass is 10.0. The van der Waals surface area contributed by atoms with Crippen molar-refractivity contribution in [2.24, 2.45) is 11.7 Å². The van der Waals surface area contributed by atoms with Crippen LogP contribution in [0.25, 0.3) is 0 Å². The van der Waals surface area contributed by atoms with Gasteiger partial charge in [-0.3, -0.25) is 9.59 Å². The number of hydrogen-bond acceptors (Lipinski definition) is 5. The van der Waals surface area contributed by atoms with Crippen LogP contribution < -0.4 is 25.8 Å². The van der Waals surface area contributed by atoms with Crippen molar-refractivity contribution >= 4 is 24.2 Å². The summed E-state index contributed by atoms with van der Waals surface area (Å²) in [5.74, 6) is 0.294. The molecule has 8 heteroatoms. The number of carbonyl (C=O) groups excluding carboxylic acids is 2. The van der Waals surface area contributed by atoms with Crippen LogP contribution in [0.3, 0.4) is 0 Å². The van der Waals surface area contributed by atoms with Gasteiger partial charge < -0.3 is 25.8 Å². The lowest BCUT2D eigenvalue weighted by Crippen LogP contribution is -2.52. The zero-order valence-corrected chi connectivity index (χ0v) is 16.1. The molecule has 0 aliphatic heterocycles. The van der Waals surface area contributed by atoms with Crippen molar-refractivity contribution in [1.29, 1.82) is 0 Å². The minimum absolute atomic E-state index is 0. The Hall–Kier alpha value is -1.99. The van der Waals surface area contributed by atoms with Crippen LogP contribution in [0.4, 0.5) is 0 Å². The molecule has 0 aromatic heterocycles. The van der Waals surface area contributed by atoms with Crippen molar-refractivity contribution in [2.45, 2.75) is 32.9 Å². The van der Waals surface area contributed by atoms with Crippen molar-refractivity contribution in [2.75, 3.05) is 20.8 Å². The number of nitrogens with two attached hydrogens (primary N) is 1. The zero-order valence-electron chi connectivity index (χ0n) is 15.3. The fourth-order valence-corrected chi connectivity index (χ4v) is 2.09. The summed E-state index contributed by atoms with van der Waals surface area (Å²) in [6.45, 7) is 5.87. The second-order valence-electron chi connectivity index (χ2n) is 5.94. The Bertz CT molecular complexity index is 559.